The Balaban J connectivity index is 6.07. The van der Waals surface area contributed by atoms with Crippen LogP contribution in [-0.2, 0) is 57.8 Å². The van der Waals surface area contributed by atoms with Gasteiger partial charge in [0.05, 0.1) is 37.0 Å². The van der Waals surface area contributed by atoms with Gasteiger partial charge in [-0.25, -0.2) is 8.42 Å². The van der Waals surface area contributed by atoms with Crippen LogP contribution in [0.4, 0.5) is 0 Å². The molecule has 22 nitrogen and oxygen atoms in total. The van der Waals surface area contributed by atoms with E-state index in [0.717, 1.165) is 0 Å². The smallest absolute Gasteiger partial charge is 0.243 e. The Labute approximate surface area is 330 Å². The molecule has 0 radical (unpaired) electrons. The third kappa shape index (κ3) is 22.6. The fourth-order valence-corrected chi connectivity index (χ4v) is 5.56. The first-order chi connectivity index (χ1) is 26.2. The topological polar surface area (TPSA) is 409 Å². The minimum Gasteiger partial charge on any atom is -0.370 e. The summed E-state index contributed by atoms with van der Waals surface area (Å²) in [5.74, 6) is -9.62. The summed E-state index contributed by atoms with van der Waals surface area (Å²) >= 11 is 0. The monoisotopic (exact) mass is 828 g/mol. The molecule has 0 aromatic rings. The van der Waals surface area contributed by atoms with Gasteiger partial charge in [0.1, 0.15) is 12.1 Å². The van der Waals surface area contributed by atoms with Gasteiger partial charge >= 0.3 is 0 Å². The molecule has 0 aromatic heterocycles. The van der Waals surface area contributed by atoms with Crippen molar-refractivity contribution in [3.63, 3.8) is 0 Å². The predicted octanol–water partition coefficient (Wildman–Crippen LogP) is -4.47. The van der Waals surface area contributed by atoms with Crippen molar-refractivity contribution in [2.24, 2.45) is 46.2 Å². The van der Waals surface area contributed by atoms with Gasteiger partial charge in [0, 0.05) is 23.7 Å². The van der Waals surface area contributed by atoms with Gasteiger partial charge in [-0.2, -0.15) is 0 Å². The summed E-state index contributed by atoms with van der Waals surface area (Å²) in [6.45, 7) is 6.78. The van der Waals surface area contributed by atoms with Crippen LogP contribution in [0.3, 0.4) is 0 Å². The number of hydrogen-bond acceptors (Lipinski definition) is 14. The zero-order valence-electron chi connectivity index (χ0n) is 32.4. The molecule has 0 aliphatic rings. The van der Waals surface area contributed by atoms with Crippen LogP contribution in [0.25, 0.3) is 0 Å². The van der Waals surface area contributed by atoms with Crippen LogP contribution in [0.15, 0.2) is 23.0 Å². The fourth-order valence-electron chi connectivity index (χ4n) is 4.82. The second kappa shape index (κ2) is 24.9. The van der Waals surface area contributed by atoms with Gasteiger partial charge in [-0.1, -0.05) is 27.7 Å². The Morgan fingerprint density at radius 1 is 0.491 bits per heavy atom. The second-order valence-electron chi connectivity index (χ2n) is 14.1. The van der Waals surface area contributed by atoms with Crippen LogP contribution in [0.5, 0.6) is 0 Å². The average Bonchev–Trinajstić information content (AvgIpc) is 3.08. The van der Waals surface area contributed by atoms with Crippen molar-refractivity contribution in [2.75, 3.05) is 0 Å². The van der Waals surface area contributed by atoms with Crippen molar-refractivity contribution < 1.29 is 56.4 Å². The van der Waals surface area contributed by atoms with Gasteiger partial charge in [-0.15, -0.1) is 0 Å². The Hall–Kier alpha value is -5.55. The lowest BCUT2D eigenvalue weighted by Gasteiger charge is -2.23. The lowest BCUT2D eigenvalue weighted by Crippen LogP contribution is -2.55. The molecule has 57 heavy (non-hydrogen) atoms. The number of primary amides is 4. The largest absolute Gasteiger partial charge is 0.370 e. The molecule has 0 aromatic carbocycles. The van der Waals surface area contributed by atoms with E-state index in [0.29, 0.717) is 23.0 Å². The summed E-state index contributed by atoms with van der Waals surface area (Å²) in [4.78, 5) is 123. The standard InChI is InChI=1S/C34H56N10O12S/c1-17(2)13-21(41-33(53)23(15-29(39)49)43-31(51)19(35)5-7-27(37)47)25(45)9-11-57(55,56)12-10-26(46)22(14-18(3)4)42-34(54)24(16-30(40)50)44-32(52)20(36)6-8-28(38)48/h9-12,17-24H,5-8,13-16,35-36H2,1-4H3,(H2,37,47)(H2,38,48)(H2,39,49)(H2,40,50)(H,41,53)(H,42,54)(H,43,51)(H,44,52)/t19-,20-,21-,22-,23-,24-/m0/s1. The highest BCUT2D eigenvalue weighted by molar-refractivity contribution is 7.97. The van der Waals surface area contributed by atoms with E-state index in [1.807, 2.05) is 0 Å². The van der Waals surface area contributed by atoms with E-state index in [1.54, 1.807) is 27.7 Å². The number of hydrogen-bond donors (Lipinski definition) is 10. The van der Waals surface area contributed by atoms with E-state index in [2.05, 4.69) is 21.3 Å². The number of nitrogens with one attached hydrogen (secondary N) is 4. The molecule has 0 aliphatic heterocycles. The Bertz CT molecular complexity index is 1570. The summed E-state index contributed by atoms with van der Waals surface area (Å²) in [7, 11) is -4.45. The highest BCUT2D eigenvalue weighted by Gasteiger charge is 2.31. The van der Waals surface area contributed by atoms with Crippen molar-refractivity contribution in [3.8, 4) is 0 Å². The number of ketones is 2. The van der Waals surface area contributed by atoms with Crippen molar-refractivity contribution >= 4 is 68.7 Å². The second-order valence-corrected chi connectivity index (χ2v) is 15.8. The molecule has 0 heterocycles. The van der Waals surface area contributed by atoms with Crippen molar-refractivity contribution in [1.29, 1.82) is 0 Å². The number of amides is 8. The number of sulfone groups is 1. The maximum atomic E-state index is 13.2. The Kier molecular flexibility index (Phi) is 22.4. The van der Waals surface area contributed by atoms with E-state index in [4.69, 9.17) is 34.4 Å². The van der Waals surface area contributed by atoms with E-state index >= 15 is 0 Å². The average molecular weight is 829 g/mol. The quantitative estimate of drug-likeness (QED) is 0.0333. The zero-order valence-corrected chi connectivity index (χ0v) is 33.2. The van der Waals surface area contributed by atoms with Gasteiger partial charge in [-0.3, -0.25) is 47.9 Å². The van der Waals surface area contributed by atoms with Crippen LogP contribution in [0.2, 0.25) is 0 Å². The molecule has 0 bridgehead atoms. The lowest BCUT2D eigenvalue weighted by molar-refractivity contribution is -0.133. The third-order valence-corrected chi connectivity index (χ3v) is 8.76. The van der Waals surface area contributed by atoms with E-state index in [9.17, 15) is 56.4 Å². The van der Waals surface area contributed by atoms with Crippen molar-refractivity contribution in [1.82, 2.24) is 21.3 Å². The molecule has 0 fully saturated rings. The molecule has 6 atom stereocenters. The lowest BCUT2D eigenvalue weighted by atomic mass is 9.99. The summed E-state index contributed by atoms with van der Waals surface area (Å²) in [5.41, 5.74) is 32.1. The maximum absolute atomic E-state index is 13.2. The SMILES string of the molecule is CC(C)C[C@H](NC(=O)[C@H](CC(N)=O)NC(=O)[C@@H](N)CCC(N)=O)C(=O)C=CS(=O)(=O)C=CC(=O)[C@H](CC(C)C)NC(=O)[C@H](CC(N)=O)NC(=O)[C@@H](N)CCC(N)=O. The van der Waals surface area contributed by atoms with E-state index < -0.39 is 118 Å². The molecule has 8 amide bonds. The summed E-state index contributed by atoms with van der Waals surface area (Å²) < 4.78 is 25.7. The molecular weight excluding hydrogens is 772 g/mol. The van der Waals surface area contributed by atoms with Gasteiger partial charge in [0.15, 0.2) is 21.4 Å². The summed E-state index contributed by atoms with van der Waals surface area (Å²) in [6.07, 6.45) is -0.972. The summed E-state index contributed by atoms with van der Waals surface area (Å²) in [6, 6.07) is -8.46. The molecule has 23 heteroatoms. The van der Waals surface area contributed by atoms with Gasteiger partial charge in [0.2, 0.25) is 47.3 Å². The third-order valence-electron chi connectivity index (χ3n) is 7.73. The highest BCUT2D eigenvalue weighted by Crippen LogP contribution is 2.11. The Morgan fingerprint density at radius 2 is 0.789 bits per heavy atom. The van der Waals surface area contributed by atoms with Crippen LogP contribution >= 0.6 is 0 Å². The van der Waals surface area contributed by atoms with Gasteiger partial charge in [-0.05, 0) is 49.7 Å². The minimum absolute atomic E-state index is 0.0221. The maximum Gasteiger partial charge on any atom is 0.243 e. The molecule has 16 N–H and O–H groups in total. The zero-order chi connectivity index (χ0) is 44.2. The fraction of sp³-hybridized carbons (Fsp3) is 0.588. The Morgan fingerprint density at radius 3 is 1.05 bits per heavy atom. The molecule has 0 rings (SSSR count). The molecule has 0 saturated carbocycles. The molecule has 0 aliphatic carbocycles. The van der Waals surface area contributed by atoms with E-state index in [1.165, 1.54) is 0 Å². The molecule has 0 spiro atoms. The molecule has 0 saturated heterocycles. The first-order valence-electron chi connectivity index (χ1n) is 17.8. The van der Waals surface area contributed by atoms with Crippen LogP contribution in [-0.4, -0.2) is 103 Å². The number of nitrogens with two attached hydrogens (primary N) is 6. The van der Waals surface area contributed by atoms with Crippen LogP contribution < -0.4 is 55.7 Å². The molecular formula is C34H56N10O12S. The molecule has 0 unspecified atom stereocenters. The van der Waals surface area contributed by atoms with Gasteiger partial charge in [0.25, 0.3) is 0 Å². The number of carbonyl (C=O) groups is 10. The number of rotatable bonds is 28. The predicted molar refractivity (Wildman–Crippen MR) is 204 cm³/mol. The summed E-state index contributed by atoms with van der Waals surface area (Å²) in [5, 5.41) is 10.2. The highest BCUT2D eigenvalue weighted by atomic mass is 32.2. The normalized spacial score (nSPS) is 14.9. The van der Waals surface area contributed by atoms with Crippen molar-refractivity contribution in [3.05, 3.63) is 23.0 Å². The number of carbonyl (C=O) groups excluding carboxylic acids is 10. The first kappa shape index (κ1) is 51.5. The molecule has 320 valence electrons. The van der Waals surface area contributed by atoms with Crippen LogP contribution in [0, 0.1) is 11.8 Å². The first-order valence-corrected chi connectivity index (χ1v) is 19.4. The van der Waals surface area contributed by atoms with Crippen LogP contribution in [0.1, 0.15) is 79.1 Å². The van der Waals surface area contributed by atoms with E-state index in [-0.39, 0.29) is 50.4 Å². The minimum atomic E-state index is -4.45. The van der Waals surface area contributed by atoms with Crippen molar-refractivity contribution in [2.45, 2.75) is 115 Å². The van der Waals surface area contributed by atoms with Gasteiger partial charge < -0.3 is 55.7 Å².